The zero-order chi connectivity index (χ0) is 23.5. The minimum absolute atomic E-state index is 0.320. The van der Waals surface area contributed by atoms with Gasteiger partial charge in [-0.3, -0.25) is 0 Å². The number of nitrogens with zero attached hydrogens (tertiary/aromatic N) is 3. The molecule has 1 saturated heterocycles. The molecule has 0 bridgehead atoms. The Bertz CT molecular complexity index is 647. The van der Waals surface area contributed by atoms with Crippen LogP contribution in [-0.4, -0.2) is 90.6 Å². The highest BCUT2D eigenvalue weighted by atomic mass is 15.1. The first kappa shape index (κ1) is 27.5. The monoisotopic (exact) mass is 461 g/mol. The van der Waals surface area contributed by atoms with Crippen LogP contribution in [0.5, 0.6) is 0 Å². The molecule has 0 spiro atoms. The van der Waals surface area contributed by atoms with Crippen LogP contribution in [0.15, 0.2) is 29.4 Å². The quantitative estimate of drug-likeness (QED) is 0.0935. The SMILES string of the molecule is [N-]=[N+]=Nc1ccc(CNCCNCCNCC2(N)CNCCNCCCNCCNC2)cc1. The molecule has 186 valence electrons. The standard InChI is InChI=1S/C22H43N11/c23-22(17-29-13-9-25-6-1-7-26-10-14-30-18-22)19-31-15-11-27-8-12-28-16-20-2-4-21(5-3-20)32-33-24/h2-5,25-31H,1,6-19,23H2. The summed E-state index contributed by atoms with van der Waals surface area (Å²) >= 11 is 0. The molecule has 1 aliphatic rings. The number of benzene rings is 1. The lowest BCUT2D eigenvalue weighted by Gasteiger charge is -2.31. The minimum atomic E-state index is -0.320. The van der Waals surface area contributed by atoms with Crippen molar-refractivity contribution in [2.45, 2.75) is 18.5 Å². The molecule has 0 aliphatic carbocycles. The Hall–Kier alpha value is -1.79. The van der Waals surface area contributed by atoms with E-state index < -0.39 is 0 Å². The first-order valence-corrected chi connectivity index (χ1v) is 12.1. The molecular weight excluding hydrogens is 418 g/mol. The summed E-state index contributed by atoms with van der Waals surface area (Å²) in [5, 5.41) is 27.9. The summed E-state index contributed by atoms with van der Waals surface area (Å²) in [7, 11) is 0. The van der Waals surface area contributed by atoms with Crippen molar-refractivity contribution in [3.8, 4) is 0 Å². The first-order valence-electron chi connectivity index (χ1n) is 12.1. The maximum Gasteiger partial charge on any atom is 0.0533 e. The Kier molecular flexibility index (Phi) is 14.7. The minimum Gasteiger partial charge on any atom is -0.322 e. The smallest absolute Gasteiger partial charge is 0.0533 e. The van der Waals surface area contributed by atoms with Gasteiger partial charge in [-0.1, -0.05) is 29.4 Å². The molecule has 0 radical (unpaired) electrons. The highest BCUT2D eigenvalue weighted by molar-refractivity contribution is 5.38. The second-order valence-electron chi connectivity index (χ2n) is 8.53. The number of nitrogens with one attached hydrogen (secondary N) is 7. The van der Waals surface area contributed by atoms with Gasteiger partial charge in [0.1, 0.15) is 0 Å². The summed E-state index contributed by atoms with van der Waals surface area (Å²) in [5.41, 5.74) is 16.6. The predicted molar refractivity (Wildman–Crippen MR) is 136 cm³/mol. The van der Waals surface area contributed by atoms with E-state index in [1.807, 2.05) is 24.3 Å². The zero-order valence-electron chi connectivity index (χ0n) is 19.8. The van der Waals surface area contributed by atoms with Crippen molar-refractivity contribution in [1.82, 2.24) is 37.2 Å². The van der Waals surface area contributed by atoms with Gasteiger partial charge >= 0.3 is 0 Å². The highest BCUT2D eigenvalue weighted by Crippen LogP contribution is 2.12. The second kappa shape index (κ2) is 17.7. The largest absolute Gasteiger partial charge is 0.322 e. The normalized spacial score (nSPS) is 18.2. The molecule has 2 rings (SSSR count). The summed E-state index contributed by atoms with van der Waals surface area (Å²) in [6.07, 6.45) is 1.16. The lowest BCUT2D eigenvalue weighted by molar-refractivity contribution is 0.349. The summed E-state index contributed by atoms with van der Waals surface area (Å²) in [6.45, 7) is 12.6. The van der Waals surface area contributed by atoms with Crippen LogP contribution < -0.4 is 43.0 Å². The number of hydrogen-bond donors (Lipinski definition) is 8. The van der Waals surface area contributed by atoms with E-state index in [4.69, 9.17) is 11.3 Å². The molecular formula is C22H43N11. The van der Waals surface area contributed by atoms with Crippen molar-refractivity contribution in [2.75, 3.05) is 85.1 Å². The molecule has 0 unspecified atom stereocenters. The van der Waals surface area contributed by atoms with E-state index in [-0.39, 0.29) is 5.54 Å². The van der Waals surface area contributed by atoms with Gasteiger partial charge in [-0.2, -0.15) is 0 Å². The lowest BCUT2D eigenvalue weighted by atomic mass is 10.0. The van der Waals surface area contributed by atoms with Gasteiger partial charge in [0.25, 0.3) is 0 Å². The topological polar surface area (TPSA) is 159 Å². The molecule has 1 aliphatic heterocycles. The Balaban J connectivity index is 1.53. The van der Waals surface area contributed by atoms with Gasteiger partial charge in [0.15, 0.2) is 0 Å². The molecule has 0 aromatic heterocycles. The molecule has 0 amide bonds. The molecule has 9 N–H and O–H groups in total. The van der Waals surface area contributed by atoms with Crippen LogP contribution in [0.2, 0.25) is 0 Å². The van der Waals surface area contributed by atoms with Gasteiger partial charge in [0, 0.05) is 89.1 Å². The van der Waals surface area contributed by atoms with Gasteiger partial charge < -0.3 is 43.0 Å². The van der Waals surface area contributed by atoms with E-state index in [9.17, 15) is 0 Å². The lowest BCUT2D eigenvalue weighted by Crippen LogP contribution is -2.62. The van der Waals surface area contributed by atoms with Gasteiger partial charge in [-0.15, -0.1) is 0 Å². The molecule has 1 aromatic rings. The Morgan fingerprint density at radius 1 is 0.818 bits per heavy atom. The van der Waals surface area contributed by atoms with Gasteiger partial charge in [0.2, 0.25) is 0 Å². The number of azide groups is 1. The van der Waals surface area contributed by atoms with Crippen LogP contribution in [0.3, 0.4) is 0 Å². The third-order valence-electron chi connectivity index (χ3n) is 5.48. The van der Waals surface area contributed by atoms with Gasteiger partial charge in [0.05, 0.1) is 5.54 Å². The average molecular weight is 462 g/mol. The van der Waals surface area contributed by atoms with Crippen molar-refractivity contribution in [2.24, 2.45) is 10.8 Å². The van der Waals surface area contributed by atoms with E-state index in [1.54, 1.807) is 0 Å². The fourth-order valence-corrected chi connectivity index (χ4v) is 3.58. The summed E-state index contributed by atoms with van der Waals surface area (Å²) in [4.78, 5) is 2.79. The van der Waals surface area contributed by atoms with E-state index in [2.05, 4.69) is 47.2 Å². The average Bonchev–Trinajstić information content (AvgIpc) is 2.82. The van der Waals surface area contributed by atoms with E-state index >= 15 is 0 Å². The number of rotatable bonds is 11. The van der Waals surface area contributed by atoms with Gasteiger partial charge in [-0.05, 0) is 30.6 Å². The summed E-state index contributed by atoms with van der Waals surface area (Å²) in [5.74, 6) is 0. The zero-order valence-corrected chi connectivity index (χ0v) is 19.8. The van der Waals surface area contributed by atoms with Crippen LogP contribution in [0.4, 0.5) is 5.69 Å². The third kappa shape index (κ3) is 13.5. The Morgan fingerprint density at radius 3 is 2.03 bits per heavy atom. The second-order valence-corrected chi connectivity index (χ2v) is 8.53. The fourth-order valence-electron chi connectivity index (χ4n) is 3.58. The van der Waals surface area contributed by atoms with E-state index in [0.717, 1.165) is 98.0 Å². The van der Waals surface area contributed by atoms with Crippen molar-refractivity contribution >= 4 is 5.69 Å². The third-order valence-corrected chi connectivity index (χ3v) is 5.48. The van der Waals surface area contributed by atoms with Crippen LogP contribution in [0, 0.1) is 0 Å². The van der Waals surface area contributed by atoms with Crippen molar-refractivity contribution in [1.29, 1.82) is 0 Å². The number of nitrogens with two attached hydrogens (primary N) is 1. The maximum absolute atomic E-state index is 8.44. The molecule has 1 heterocycles. The molecule has 11 heteroatoms. The molecule has 11 nitrogen and oxygen atoms in total. The summed E-state index contributed by atoms with van der Waals surface area (Å²) in [6, 6.07) is 7.60. The van der Waals surface area contributed by atoms with Crippen molar-refractivity contribution in [3.05, 3.63) is 40.3 Å². The van der Waals surface area contributed by atoms with Crippen LogP contribution in [0.25, 0.3) is 10.4 Å². The van der Waals surface area contributed by atoms with Crippen molar-refractivity contribution < 1.29 is 0 Å². The Morgan fingerprint density at radius 2 is 1.39 bits per heavy atom. The molecule has 0 atom stereocenters. The molecule has 1 fully saturated rings. The molecule has 0 saturated carbocycles. The fraction of sp³-hybridized carbons (Fsp3) is 0.727. The maximum atomic E-state index is 8.44. The first-order chi connectivity index (χ1) is 16.2. The van der Waals surface area contributed by atoms with Crippen LogP contribution in [-0.2, 0) is 6.54 Å². The van der Waals surface area contributed by atoms with Crippen molar-refractivity contribution in [3.63, 3.8) is 0 Å². The van der Waals surface area contributed by atoms with Gasteiger partial charge in [-0.25, -0.2) is 0 Å². The Labute approximate surface area is 198 Å². The molecule has 33 heavy (non-hydrogen) atoms. The number of hydrogen-bond acceptors (Lipinski definition) is 9. The van der Waals surface area contributed by atoms with Crippen LogP contribution in [0.1, 0.15) is 12.0 Å². The van der Waals surface area contributed by atoms with E-state index in [1.165, 1.54) is 5.56 Å². The van der Waals surface area contributed by atoms with Crippen LogP contribution >= 0.6 is 0 Å². The predicted octanol–water partition coefficient (Wildman–Crippen LogP) is -0.643. The summed E-state index contributed by atoms with van der Waals surface area (Å²) < 4.78 is 0. The highest BCUT2D eigenvalue weighted by Gasteiger charge is 2.23. The molecule has 1 aromatic carbocycles. The van der Waals surface area contributed by atoms with E-state index in [0.29, 0.717) is 5.69 Å².